The Labute approximate surface area is 220 Å². The fourth-order valence-corrected chi connectivity index (χ4v) is 5.10. The van der Waals surface area contributed by atoms with Crippen molar-refractivity contribution in [2.45, 2.75) is 25.2 Å². The Kier molecular flexibility index (Phi) is 7.01. The SMILES string of the molecule is COC(=O)c1ccc(C(CCCc2ccc3ccc(Cl)cc3n2)c2c[nH]c3ccc(N)cc23)c(OC)c1. The molecule has 1 atom stereocenters. The molecule has 0 radical (unpaired) electrons. The molecular formula is C30H28ClN3O3. The predicted octanol–water partition coefficient (Wildman–Crippen LogP) is 6.90. The lowest BCUT2D eigenvalue weighted by Crippen LogP contribution is -2.07. The van der Waals surface area contributed by atoms with Gasteiger partial charge in [-0.15, -0.1) is 0 Å². The first-order chi connectivity index (χ1) is 18.0. The molecule has 0 aliphatic rings. The van der Waals surface area contributed by atoms with Crippen molar-refractivity contribution in [3.05, 3.63) is 100 Å². The van der Waals surface area contributed by atoms with Gasteiger partial charge in [-0.25, -0.2) is 4.79 Å². The number of aromatic amines is 1. The number of aromatic nitrogens is 2. The van der Waals surface area contributed by atoms with Crippen LogP contribution in [0.1, 0.15) is 45.9 Å². The zero-order chi connectivity index (χ0) is 25.9. The van der Waals surface area contributed by atoms with E-state index in [0.29, 0.717) is 22.0 Å². The average molecular weight is 514 g/mol. The van der Waals surface area contributed by atoms with Crippen molar-refractivity contribution < 1.29 is 14.3 Å². The van der Waals surface area contributed by atoms with Gasteiger partial charge in [-0.05, 0) is 73.4 Å². The van der Waals surface area contributed by atoms with Crippen molar-refractivity contribution in [2.75, 3.05) is 20.0 Å². The van der Waals surface area contributed by atoms with Crippen LogP contribution in [0.2, 0.25) is 5.02 Å². The van der Waals surface area contributed by atoms with E-state index in [2.05, 4.69) is 17.1 Å². The number of pyridine rings is 1. The number of nitrogens with zero attached hydrogens (tertiary/aromatic N) is 1. The number of nitrogens with one attached hydrogen (secondary N) is 1. The molecular weight excluding hydrogens is 486 g/mol. The third-order valence-electron chi connectivity index (χ3n) is 6.78. The Morgan fingerprint density at radius 1 is 1.03 bits per heavy atom. The minimum absolute atomic E-state index is 0.00657. The van der Waals surface area contributed by atoms with Crippen LogP contribution < -0.4 is 10.5 Å². The number of carbonyl (C=O) groups is 1. The van der Waals surface area contributed by atoms with Crippen molar-refractivity contribution in [3.63, 3.8) is 0 Å². The van der Waals surface area contributed by atoms with Crippen molar-refractivity contribution in [2.24, 2.45) is 0 Å². The number of aryl methyl sites for hydroxylation is 1. The normalized spacial score (nSPS) is 12.1. The van der Waals surface area contributed by atoms with Crippen LogP contribution in [-0.4, -0.2) is 30.2 Å². The van der Waals surface area contributed by atoms with E-state index in [0.717, 1.165) is 57.9 Å². The Balaban J connectivity index is 1.49. The molecule has 6 nitrogen and oxygen atoms in total. The topological polar surface area (TPSA) is 90.2 Å². The molecule has 5 rings (SSSR count). The van der Waals surface area contributed by atoms with E-state index in [9.17, 15) is 4.79 Å². The summed E-state index contributed by atoms with van der Waals surface area (Å²) in [6, 6.07) is 21.3. The number of hydrogen-bond donors (Lipinski definition) is 2. The van der Waals surface area contributed by atoms with Gasteiger partial charge in [0.2, 0.25) is 0 Å². The lowest BCUT2D eigenvalue weighted by atomic mass is 9.85. The van der Waals surface area contributed by atoms with Gasteiger partial charge in [-0.2, -0.15) is 0 Å². The number of esters is 1. The zero-order valence-corrected chi connectivity index (χ0v) is 21.5. The maximum absolute atomic E-state index is 12.1. The quantitative estimate of drug-likeness (QED) is 0.174. The van der Waals surface area contributed by atoms with Gasteiger partial charge in [0.05, 0.1) is 25.3 Å². The molecule has 7 heteroatoms. The van der Waals surface area contributed by atoms with Gasteiger partial charge >= 0.3 is 5.97 Å². The molecule has 0 aliphatic carbocycles. The lowest BCUT2D eigenvalue weighted by molar-refractivity contribution is 0.0600. The van der Waals surface area contributed by atoms with Gasteiger partial charge in [-0.3, -0.25) is 4.98 Å². The summed E-state index contributed by atoms with van der Waals surface area (Å²) in [5.41, 5.74) is 12.4. The summed E-state index contributed by atoms with van der Waals surface area (Å²) >= 11 is 6.18. The average Bonchev–Trinajstić information content (AvgIpc) is 3.32. The molecule has 5 aromatic rings. The van der Waals surface area contributed by atoms with E-state index in [-0.39, 0.29) is 5.92 Å². The largest absolute Gasteiger partial charge is 0.496 e. The van der Waals surface area contributed by atoms with Crippen LogP contribution in [0, 0.1) is 0 Å². The van der Waals surface area contributed by atoms with Gasteiger partial charge in [0, 0.05) is 50.4 Å². The number of benzene rings is 3. The number of hydrogen-bond acceptors (Lipinski definition) is 5. The minimum atomic E-state index is -0.399. The Bertz CT molecular complexity index is 1590. The van der Waals surface area contributed by atoms with Gasteiger partial charge in [-0.1, -0.05) is 29.8 Å². The van der Waals surface area contributed by atoms with Gasteiger partial charge < -0.3 is 20.2 Å². The van der Waals surface area contributed by atoms with E-state index in [1.165, 1.54) is 7.11 Å². The highest BCUT2D eigenvalue weighted by Gasteiger charge is 2.23. The number of anilines is 1. The fraction of sp³-hybridized carbons (Fsp3) is 0.200. The second-order valence-electron chi connectivity index (χ2n) is 9.08. The summed E-state index contributed by atoms with van der Waals surface area (Å²) in [5.74, 6) is 0.250. The first-order valence-corrected chi connectivity index (χ1v) is 12.5. The summed E-state index contributed by atoms with van der Waals surface area (Å²) in [6.45, 7) is 0. The Morgan fingerprint density at radius 3 is 2.68 bits per heavy atom. The van der Waals surface area contributed by atoms with Gasteiger partial charge in [0.25, 0.3) is 0 Å². The number of carbonyl (C=O) groups excluding carboxylic acids is 1. The zero-order valence-electron chi connectivity index (χ0n) is 20.8. The molecule has 37 heavy (non-hydrogen) atoms. The van der Waals surface area contributed by atoms with Gasteiger partial charge in [0.1, 0.15) is 5.75 Å². The van der Waals surface area contributed by atoms with Crippen LogP contribution in [0.3, 0.4) is 0 Å². The number of nitrogens with two attached hydrogens (primary N) is 1. The Morgan fingerprint density at radius 2 is 1.86 bits per heavy atom. The standard InChI is InChI=1S/C30H28ClN3O3/c1-36-29-14-19(30(35)37-2)8-12-24(29)23(26-17-33-27-13-10-21(32)16-25(26)27)5-3-4-22-11-7-18-6-9-20(31)15-28(18)34-22/h6-17,23,33H,3-5,32H2,1-2H3. The number of nitrogen functional groups attached to an aromatic ring is 1. The van der Waals surface area contributed by atoms with Crippen LogP contribution in [-0.2, 0) is 11.2 Å². The summed E-state index contributed by atoms with van der Waals surface area (Å²) in [4.78, 5) is 20.3. The highest BCUT2D eigenvalue weighted by Crippen LogP contribution is 2.40. The summed E-state index contributed by atoms with van der Waals surface area (Å²) in [6.07, 6.45) is 4.58. The monoisotopic (exact) mass is 513 g/mol. The number of H-pyrrole nitrogens is 1. The van der Waals surface area contributed by atoms with E-state index in [4.69, 9.17) is 31.8 Å². The smallest absolute Gasteiger partial charge is 0.337 e. The second kappa shape index (κ2) is 10.5. The number of fused-ring (bicyclic) bond motifs is 2. The molecule has 0 aliphatic heterocycles. The maximum Gasteiger partial charge on any atom is 0.337 e. The van der Waals surface area contributed by atoms with Crippen molar-refractivity contribution in [1.29, 1.82) is 0 Å². The van der Waals surface area contributed by atoms with E-state index < -0.39 is 5.97 Å². The summed E-state index contributed by atoms with van der Waals surface area (Å²) in [5, 5.41) is 2.82. The molecule has 0 fully saturated rings. The number of methoxy groups -OCH3 is 2. The number of halogens is 1. The summed E-state index contributed by atoms with van der Waals surface area (Å²) in [7, 11) is 2.99. The Hall–Kier alpha value is -4.03. The van der Waals surface area contributed by atoms with E-state index in [1.54, 1.807) is 19.2 Å². The van der Waals surface area contributed by atoms with Crippen molar-refractivity contribution in [3.8, 4) is 5.75 Å². The molecule has 3 N–H and O–H groups in total. The molecule has 188 valence electrons. The third-order valence-corrected chi connectivity index (χ3v) is 7.02. The molecule has 0 amide bonds. The van der Waals surface area contributed by atoms with E-state index >= 15 is 0 Å². The lowest BCUT2D eigenvalue weighted by Gasteiger charge is -2.21. The number of ether oxygens (including phenoxy) is 2. The second-order valence-corrected chi connectivity index (χ2v) is 9.52. The van der Waals surface area contributed by atoms with Crippen molar-refractivity contribution in [1.82, 2.24) is 9.97 Å². The van der Waals surface area contributed by atoms with Gasteiger partial charge in [0.15, 0.2) is 0 Å². The molecule has 3 aromatic carbocycles. The molecule has 0 saturated heterocycles. The molecule has 0 bridgehead atoms. The van der Waals surface area contributed by atoms with Crippen LogP contribution in [0.5, 0.6) is 5.75 Å². The van der Waals surface area contributed by atoms with E-state index in [1.807, 2.05) is 48.7 Å². The molecule has 2 heterocycles. The highest BCUT2D eigenvalue weighted by atomic mass is 35.5. The molecule has 0 spiro atoms. The highest BCUT2D eigenvalue weighted by molar-refractivity contribution is 6.31. The third kappa shape index (κ3) is 5.11. The fourth-order valence-electron chi connectivity index (χ4n) is 4.93. The van der Waals surface area contributed by atoms with Crippen molar-refractivity contribution >= 4 is 45.1 Å². The molecule has 1 unspecified atom stereocenters. The maximum atomic E-state index is 12.1. The van der Waals surface area contributed by atoms with Crippen LogP contribution >= 0.6 is 11.6 Å². The minimum Gasteiger partial charge on any atom is -0.496 e. The summed E-state index contributed by atoms with van der Waals surface area (Å²) < 4.78 is 10.7. The van der Waals surface area contributed by atoms with Crippen LogP contribution in [0.25, 0.3) is 21.8 Å². The number of rotatable bonds is 8. The van der Waals surface area contributed by atoms with Crippen LogP contribution in [0.15, 0.2) is 72.9 Å². The first kappa shape index (κ1) is 24.7. The predicted molar refractivity (Wildman–Crippen MR) is 149 cm³/mol. The first-order valence-electron chi connectivity index (χ1n) is 12.1. The van der Waals surface area contributed by atoms with Crippen LogP contribution in [0.4, 0.5) is 5.69 Å². The molecule has 2 aromatic heterocycles. The molecule has 0 saturated carbocycles.